The van der Waals surface area contributed by atoms with Crippen LogP contribution in [0.3, 0.4) is 0 Å². The molecule has 1 heterocycles. The minimum Gasteiger partial charge on any atom is -0.452 e. The van der Waals surface area contributed by atoms with Crippen molar-refractivity contribution in [3.05, 3.63) is 71.0 Å². The molecular weight excluding hydrogens is 347 g/mol. The van der Waals surface area contributed by atoms with Crippen LogP contribution >= 0.6 is 0 Å². The molecule has 1 aliphatic heterocycles. The Hall–Kier alpha value is -2.73. The van der Waals surface area contributed by atoms with Gasteiger partial charge in [-0.25, -0.2) is 9.18 Å². The Labute approximate surface area is 158 Å². The number of carbonyl (C=O) groups excluding carboxylic acids is 2. The molecule has 142 valence electrons. The molecule has 0 bridgehead atoms. The normalized spacial score (nSPS) is 14.8. The second kappa shape index (κ2) is 8.77. The van der Waals surface area contributed by atoms with Gasteiger partial charge in [0.15, 0.2) is 6.61 Å². The maximum absolute atomic E-state index is 12.9. The van der Waals surface area contributed by atoms with Gasteiger partial charge in [0, 0.05) is 32.7 Å². The summed E-state index contributed by atoms with van der Waals surface area (Å²) in [6, 6.07) is 13.5. The lowest BCUT2D eigenvalue weighted by atomic mass is 10.1. The largest absolute Gasteiger partial charge is 0.452 e. The molecule has 0 aliphatic carbocycles. The van der Waals surface area contributed by atoms with Gasteiger partial charge in [-0.1, -0.05) is 29.8 Å². The molecule has 2 aromatic carbocycles. The molecule has 0 aromatic heterocycles. The Morgan fingerprint density at radius 2 is 1.74 bits per heavy atom. The van der Waals surface area contributed by atoms with E-state index in [1.807, 2.05) is 0 Å². The van der Waals surface area contributed by atoms with Gasteiger partial charge in [0.1, 0.15) is 5.82 Å². The Kier molecular flexibility index (Phi) is 6.19. The van der Waals surface area contributed by atoms with E-state index in [0.717, 1.165) is 19.6 Å². The second-order valence-electron chi connectivity index (χ2n) is 6.73. The number of carbonyl (C=O) groups is 2. The lowest BCUT2D eigenvalue weighted by Gasteiger charge is -2.34. The molecule has 3 rings (SSSR count). The van der Waals surface area contributed by atoms with Crippen LogP contribution in [0.25, 0.3) is 0 Å². The molecule has 27 heavy (non-hydrogen) atoms. The Morgan fingerprint density at radius 3 is 2.41 bits per heavy atom. The Balaban J connectivity index is 1.43. The quantitative estimate of drug-likeness (QED) is 0.760. The van der Waals surface area contributed by atoms with E-state index in [-0.39, 0.29) is 18.1 Å². The minimum atomic E-state index is -0.624. The van der Waals surface area contributed by atoms with Crippen molar-refractivity contribution in [2.45, 2.75) is 13.5 Å². The number of ether oxygens (including phenoxy) is 1. The lowest BCUT2D eigenvalue weighted by molar-refractivity contribution is -0.136. The summed E-state index contributed by atoms with van der Waals surface area (Å²) in [6.45, 7) is 5.43. The van der Waals surface area contributed by atoms with Crippen LogP contribution in [0.2, 0.25) is 0 Å². The number of hydrogen-bond acceptors (Lipinski definition) is 4. The topological polar surface area (TPSA) is 49.9 Å². The van der Waals surface area contributed by atoms with Crippen molar-refractivity contribution in [2.75, 3.05) is 32.8 Å². The summed E-state index contributed by atoms with van der Waals surface area (Å²) in [4.78, 5) is 28.2. The molecule has 1 aliphatic rings. The van der Waals surface area contributed by atoms with Gasteiger partial charge < -0.3 is 9.64 Å². The molecule has 0 radical (unpaired) electrons. The molecule has 6 heteroatoms. The minimum absolute atomic E-state index is 0.208. The monoisotopic (exact) mass is 370 g/mol. The number of rotatable bonds is 5. The van der Waals surface area contributed by atoms with E-state index in [4.69, 9.17) is 4.74 Å². The van der Waals surface area contributed by atoms with E-state index in [2.05, 4.69) is 36.1 Å². The lowest BCUT2D eigenvalue weighted by Crippen LogP contribution is -2.49. The van der Waals surface area contributed by atoms with Gasteiger partial charge >= 0.3 is 5.97 Å². The van der Waals surface area contributed by atoms with Crippen molar-refractivity contribution in [1.82, 2.24) is 9.80 Å². The molecule has 1 fully saturated rings. The predicted octanol–water partition coefficient (Wildman–Crippen LogP) is 2.64. The number of aryl methyl sites for hydroxylation is 1. The van der Waals surface area contributed by atoms with Gasteiger partial charge in [-0.15, -0.1) is 0 Å². The number of halogens is 1. The summed E-state index contributed by atoms with van der Waals surface area (Å²) in [5.41, 5.74) is 2.74. The van der Waals surface area contributed by atoms with Crippen molar-refractivity contribution < 1.29 is 18.7 Å². The highest BCUT2D eigenvalue weighted by molar-refractivity contribution is 5.91. The Bertz CT molecular complexity index is 799. The first kappa shape index (κ1) is 19.0. The fourth-order valence-electron chi connectivity index (χ4n) is 3.11. The van der Waals surface area contributed by atoms with Crippen LogP contribution in [0.5, 0.6) is 0 Å². The molecule has 0 atom stereocenters. The number of hydrogen-bond donors (Lipinski definition) is 0. The second-order valence-corrected chi connectivity index (χ2v) is 6.73. The number of amides is 1. The van der Waals surface area contributed by atoms with Crippen LogP contribution in [0, 0.1) is 12.7 Å². The molecular formula is C21H23FN2O3. The van der Waals surface area contributed by atoms with E-state index < -0.39 is 11.8 Å². The van der Waals surface area contributed by atoms with E-state index >= 15 is 0 Å². The first-order valence-corrected chi connectivity index (χ1v) is 8.99. The van der Waals surface area contributed by atoms with Gasteiger partial charge in [-0.3, -0.25) is 9.69 Å². The maximum atomic E-state index is 12.9. The summed E-state index contributed by atoms with van der Waals surface area (Å²) in [5.74, 6) is -1.26. The van der Waals surface area contributed by atoms with Crippen LogP contribution in [0.1, 0.15) is 21.5 Å². The Morgan fingerprint density at radius 1 is 1.04 bits per heavy atom. The molecule has 2 aromatic rings. The summed E-state index contributed by atoms with van der Waals surface area (Å²) in [7, 11) is 0. The third-order valence-corrected chi connectivity index (χ3v) is 4.62. The SMILES string of the molecule is Cc1cccc(CN2CCN(C(=O)COC(=O)c3ccc(F)cc3)CC2)c1. The average molecular weight is 370 g/mol. The average Bonchev–Trinajstić information content (AvgIpc) is 2.67. The van der Waals surface area contributed by atoms with Crippen LogP contribution < -0.4 is 0 Å². The van der Waals surface area contributed by atoms with Crippen molar-refractivity contribution in [2.24, 2.45) is 0 Å². The first-order valence-electron chi connectivity index (χ1n) is 8.99. The highest BCUT2D eigenvalue weighted by Gasteiger charge is 2.22. The molecule has 0 N–H and O–H groups in total. The summed E-state index contributed by atoms with van der Waals surface area (Å²) < 4.78 is 17.9. The third kappa shape index (κ3) is 5.37. The van der Waals surface area contributed by atoms with Gasteiger partial charge in [-0.2, -0.15) is 0 Å². The zero-order valence-corrected chi connectivity index (χ0v) is 15.4. The molecule has 1 amide bonds. The number of piperazine rings is 1. The van der Waals surface area contributed by atoms with E-state index in [1.54, 1.807) is 4.90 Å². The summed E-state index contributed by atoms with van der Waals surface area (Å²) in [5, 5.41) is 0. The van der Waals surface area contributed by atoms with Crippen molar-refractivity contribution >= 4 is 11.9 Å². The van der Waals surface area contributed by atoms with E-state index in [1.165, 1.54) is 35.4 Å². The molecule has 0 spiro atoms. The standard InChI is InChI=1S/C21H23FN2O3/c1-16-3-2-4-17(13-16)14-23-9-11-24(12-10-23)20(25)15-27-21(26)18-5-7-19(22)8-6-18/h2-8,13H,9-12,14-15H2,1H3. The molecule has 0 saturated carbocycles. The molecule has 5 nitrogen and oxygen atoms in total. The number of benzene rings is 2. The zero-order valence-electron chi connectivity index (χ0n) is 15.4. The predicted molar refractivity (Wildman–Crippen MR) is 99.7 cm³/mol. The number of esters is 1. The fraction of sp³-hybridized carbons (Fsp3) is 0.333. The molecule has 1 saturated heterocycles. The zero-order chi connectivity index (χ0) is 19.2. The highest BCUT2D eigenvalue weighted by Crippen LogP contribution is 2.11. The summed E-state index contributed by atoms with van der Waals surface area (Å²) in [6.07, 6.45) is 0. The number of nitrogens with zero attached hydrogens (tertiary/aromatic N) is 2. The van der Waals surface area contributed by atoms with Gasteiger partial charge in [0.2, 0.25) is 0 Å². The van der Waals surface area contributed by atoms with Crippen LogP contribution in [-0.4, -0.2) is 54.5 Å². The van der Waals surface area contributed by atoms with Crippen molar-refractivity contribution in [1.29, 1.82) is 0 Å². The van der Waals surface area contributed by atoms with Crippen molar-refractivity contribution in [3.63, 3.8) is 0 Å². The highest BCUT2D eigenvalue weighted by atomic mass is 19.1. The van der Waals surface area contributed by atoms with Gasteiger partial charge in [0.05, 0.1) is 5.56 Å². The molecule has 0 unspecified atom stereocenters. The van der Waals surface area contributed by atoms with E-state index in [0.29, 0.717) is 13.1 Å². The smallest absolute Gasteiger partial charge is 0.338 e. The maximum Gasteiger partial charge on any atom is 0.338 e. The first-order chi connectivity index (χ1) is 13.0. The van der Waals surface area contributed by atoms with Crippen LogP contribution in [0.4, 0.5) is 4.39 Å². The third-order valence-electron chi connectivity index (χ3n) is 4.62. The van der Waals surface area contributed by atoms with Gasteiger partial charge in [0.25, 0.3) is 5.91 Å². The van der Waals surface area contributed by atoms with E-state index in [9.17, 15) is 14.0 Å². The fourth-order valence-corrected chi connectivity index (χ4v) is 3.11. The van der Waals surface area contributed by atoms with Crippen LogP contribution in [0.15, 0.2) is 48.5 Å². The van der Waals surface area contributed by atoms with Crippen LogP contribution in [-0.2, 0) is 16.1 Å². The summed E-state index contributed by atoms with van der Waals surface area (Å²) >= 11 is 0. The van der Waals surface area contributed by atoms with Crippen molar-refractivity contribution in [3.8, 4) is 0 Å². The van der Waals surface area contributed by atoms with Gasteiger partial charge in [-0.05, 0) is 36.8 Å².